The molecule has 4 aromatic carbocycles. The van der Waals surface area contributed by atoms with E-state index in [1.807, 2.05) is 107 Å². The summed E-state index contributed by atoms with van der Waals surface area (Å²) in [5, 5.41) is 12.6. The lowest BCUT2D eigenvalue weighted by molar-refractivity contribution is -0.276. The summed E-state index contributed by atoms with van der Waals surface area (Å²) in [5.41, 5.74) is 4.54. The Morgan fingerprint density at radius 3 is 2.18 bits per heavy atom. The number of benzene rings is 4. The maximum atomic E-state index is 13.6. The van der Waals surface area contributed by atoms with Gasteiger partial charge in [0, 0.05) is 24.6 Å². The molecule has 6 atom stereocenters. The summed E-state index contributed by atoms with van der Waals surface area (Å²) >= 11 is 0. The number of aryl methyl sites for hydroxylation is 1. The lowest BCUT2D eigenvalue weighted by Crippen LogP contribution is -2.48. The highest BCUT2D eigenvalue weighted by molar-refractivity contribution is 7.89. The van der Waals surface area contributed by atoms with Gasteiger partial charge in [0.2, 0.25) is 15.9 Å². The molecule has 6 unspecified atom stereocenters. The van der Waals surface area contributed by atoms with Crippen LogP contribution in [0.1, 0.15) is 86.3 Å². The van der Waals surface area contributed by atoms with Crippen molar-refractivity contribution in [2.75, 3.05) is 13.1 Å². The number of ether oxygens (including phenoxy) is 3. The van der Waals surface area contributed by atoms with Crippen molar-refractivity contribution >= 4 is 21.9 Å². The smallest absolute Gasteiger partial charge is 0.323 e. The number of nitrogens with one attached hydrogen (secondary N) is 2. The molecule has 2 aliphatic rings. The van der Waals surface area contributed by atoms with E-state index in [1.54, 1.807) is 12.1 Å². The molecule has 0 aromatic heterocycles. The highest BCUT2D eigenvalue weighted by Crippen LogP contribution is 2.42. The zero-order valence-electron chi connectivity index (χ0n) is 33.4. The van der Waals surface area contributed by atoms with Crippen molar-refractivity contribution in [3.8, 4) is 0 Å². The molecule has 2 heterocycles. The second-order valence-corrected chi connectivity index (χ2v) is 17.9. The van der Waals surface area contributed by atoms with E-state index in [9.17, 15) is 23.1 Å². The number of carbonyl (C=O) groups is 2. The van der Waals surface area contributed by atoms with Gasteiger partial charge in [0.25, 0.3) is 0 Å². The van der Waals surface area contributed by atoms with Gasteiger partial charge >= 0.3 is 5.97 Å². The van der Waals surface area contributed by atoms with E-state index in [1.165, 1.54) is 12.1 Å². The summed E-state index contributed by atoms with van der Waals surface area (Å²) in [6, 6.07) is 29.7. The minimum atomic E-state index is -3.98. The standard InChI is InChI=1S/C45H55N3O8S/c1-30-13-23-37(24-14-30)57(52,53)47-38(26-32-10-7-6-8-11-32)42(50)46-27-33-15-21-36(22-16-33)44-54-40(28-48-25-9-12-39(48)43(51)56-45(3,4)5)31(2)41(55-44)35-19-17-34(29-49)18-20-35/h6-8,10-11,13-24,31,38-41,44,47,49H,9,12,25-29H2,1-5H3,(H,46,50). The maximum Gasteiger partial charge on any atom is 0.323 e. The molecule has 1 amide bonds. The van der Waals surface area contributed by atoms with Crippen molar-refractivity contribution in [1.82, 2.24) is 14.9 Å². The SMILES string of the molecule is Cc1ccc(S(=O)(=O)NC(Cc2ccccc2)C(=O)NCc2ccc(C3OC(CN4CCCC4C(=O)OC(C)(C)C)C(C)C(c4ccc(CO)cc4)O3)cc2)cc1. The Bertz CT molecular complexity index is 2050. The van der Waals surface area contributed by atoms with E-state index >= 15 is 0 Å². The van der Waals surface area contributed by atoms with Gasteiger partial charge < -0.3 is 24.6 Å². The zero-order valence-corrected chi connectivity index (χ0v) is 34.2. The molecule has 57 heavy (non-hydrogen) atoms. The molecule has 4 aromatic rings. The molecule has 11 nitrogen and oxygen atoms in total. The summed E-state index contributed by atoms with van der Waals surface area (Å²) in [4.78, 5) is 29.1. The highest BCUT2D eigenvalue weighted by atomic mass is 32.2. The van der Waals surface area contributed by atoms with E-state index in [-0.39, 0.29) is 54.6 Å². The Labute approximate surface area is 336 Å². The number of hydrogen-bond donors (Lipinski definition) is 3. The fourth-order valence-electron chi connectivity index (χ4n) is 7.36. The van der Waals surface area contributed by atoms with Gasteiger partial charge in [-0.3, -0.25) is 14.5 Å². The number of sulfonamides is 1. The first-order chi connectivity index (χ1) is 27.2. The highest BCUT2D eigenvalue weighted by Gasteiger charge is 2.42. The maximum absolute atomic E-state index is 13.6. The minimum absolute atomic E-state index is 0.0553. The topological polar surface area (TPSA) is 144 Å². The number of hydrogen-bond acceptors (Lipinski definition) is 9. The second-order valence-electron chi connectivity index (χ2n) is 16.1. The summed E-state index contributed by atoms with van der Waals surface area (Å²) in [6.45, 7) is 11.0. The van der Waals surface area contributed by atoms with Crippen molar-refractivity contribution in [3.63, 3.8) is 0 Å². The van der Waals surface area contributed by atoms with Crippen LogP contribution >= 0.6 is 0 Å². The molecule has 2 aliphatic heterocycles. The van der Waals surface area contributed by atoms with Crippen LogP contribution in [-0.2, 0) is 53.4 Å². The third-order valence-electron chi connectivity index (χ3n) is 10.5. The predicted molar refractivity (Wildman–Crippen MR) is 217 cm³/mol. The Morgan fingerprint density at radius 2 is 1.53 bits per heavy atom. The van der Waals surface area contributed by atoms with E-state index in [0.29, 0.717) is 6.54 Å². The number of aliphatic hydroxyl groups is 1. The molecule has 304 valence electrons. The van der Waals surface area contributed by atoms with Crippen LogP contribution in [0.4, 0.5) is 0 Å². The molecule has 0 spiro atoms. The first-order valence-corrected chi connectivity index (χ1v) is 21.1. The van der Waals surface area contributed by atoms with E-state index in [2.05, 4.69) is 21.9 Å². The molecular formula is C45H55N3O8S. The molecule has 0 radical (unpaired) electrons. The van der Waals surface area contributed by atoms with Gasteiger partial charge in [0.15, 0.2) is 6.29 Å². The summed E-state index contributed by atoms with van der Waals surface area (Å²) in [6.07, 6.45) is 0.469. The normalized spacial score (nSPS) is 22.2. The summed E-state index contributed by atoms with van der Waals surface area (Å²) < 4.78 is 48.4. The van der Waals surface area contributed by atoms with E-state index < -0.39 is 33.9 Å². The Morgan fingerprint density at radius 1 is 0.877 bits per heavy atom. The summed E-state index contributed by atoms with van der Waals surface area (Å²) in [7, 11) is -3.98. The molecule has 2 fully saturated rings. The molecule has 3 N–H and O–H groups in total. The third kappa shape index (κ3) is 11.2. The van der Waals surface area contributed by atoms with Crippen LogP contribution in [0.25, 0.3) is 0 Å². The van der Waals surface area contributed by atoms with E-state index in [0.717, 1.165) is 52.8 Å². The first kappa shape index (κ1) is 42.2. The molecule has 12 heteroatoms. The number of rotatable bonds is 14. The quantitative estimate of drug-likeness (QED) is 0.126. The van der Waals surface area contributed by atoms with Crippen LogP contribution in [0.2, 0.25) is 0 Å². The number of amides is 1. The number of likely N-dealkylation sites (tertiary alicyclic amines) is 1. The van der Waals surface area contributed by atoms with Crippen LogP contribution in [0.3, 0.4) is 0 Å². The van der Waals surface area contributed by atoms with Crippen LogP contribution in [0, 0.1) is 12.8 Å². The monoisotopic (exact) mass is 797 g/mol. The van der Waals surface area contributed by atoms with Crippen molar-refractivity contribution in [3.05, 3.63) is 137 Å². The lowest BCUT2D eigenvalue weighted by Gasteiger charge is -2.43. The molecule has 0 aliphatic carbocycles. The number of aliphatic hydroxyl groups excluding tert-OH is 1. The third-order valence-corrected chi connectivity index (χ3v) is 12.0. The van der Waals surface area contributed by atoms with Gasteiger partial charge in [-0.05, 0) is 87.9 Å². The molecule has 0 bridgehead atoms. The molecule has 2 saturated heterocycles. The Balaban J connectivity index is 1.16. The van der Waals surface area contributed by atoms with Crippen molar-refractivity contribution < 1.29 is 37.3 Å². The average molecular weight is 798 g/mol. The number of nitrogens with zero attached hydrogens (tertiary/aromatic N) is 1. The number of esters is 1. The van der Waals surface area contributed by atoms with Crippen LogP contribution < -0.4 is 10.0 Å². The zero-order chi connectivity index (χ0) is 40.7. The fourth-order valence-corrected chi connectivity index (χ4v) is 8.55. The van der Waals surface area contributed by atoms with Crippen molar-refractivity contribution in [1.29, 1.82) is 0 Å². The van der Waals surface area contributed by atoms with Gasteiger partial charge in [-0.1, -0.05) is 103 Å². The molecule has 0 saturated carbocycles. The Kier molecular flexibility index (Phi) is 13.6. The van der Waals surface area contributed by atoms with Crippen LogP contribution in [0.15, 0.2) is 108 Å². The van der Waals surface area contributed by atoms with Gasteiger partial charge in [0.05, 0.1) is 23.7 Å². The number of carbonyl (C=O) groups excluding carboxylic acids is 2. The van der Waals surface area contributed by atoms with Crippen LogP contribution in [-0.4, -0.2) is 67.2 Å². The van der Waals surface area contributed by atoms with Gasteiger partial charge in [0.1, 0.15) is 17.7 Å². The van der Waals surface area contributed by atoms with Gasteiger partial charge in [-0.25, -0.2) is 8.42 Å². The largest absolute Gasteiger partial charge is 0.459 e. The van der Waals surface area contributed by atoms with Crippen molar-refractivity contribution in [2.45, 2.75) is 108 Å². The van der Waals surface area contributed by atoms with Crippen LogP contribution in [0.5, 0.6) is 0 Å². The summed E-state index contributed by atoms with van der Waals surface area (Å²) in [5.74, 6) is -0.732. The molecular weight excluding hydrogens is 743 g/mol. The van der Waals surface area contributed by atoms with E-state index in [4.69, 9.17) is 14.2 Å². The van der Waals surface area contributed by atoms with Crippen molar-refractivity contribution in [2.24, 2.45) is 5.92 Å². The fraction of sp³-hybridized carbons (Fsp3) is 0.422. The Hall–Kier alpha value is -4.43. The average Bonchev–Trinajstić information content (AvgIpc) is 3.66. The van der Waals surface area contributed by atoms with Gasteiger partial charge in [-0.15, -0.1) is 0 Å². The first-order valence-electron chi connectivity index (χ1n) is 19.7. The second kappa shape index (κ2) is 18.4. The van der Waals surface area contributed by atoms with Gasteiger partial charge in [-0.2, -0.15) is 4.72 Å². The predicted octanol–water partition coefficient (Wildman–Crippen LogP) is 6.29. The molecule has 6 rings (SSSR count). The minimum Gasteiger partial charge on any atom is -0.459 e. The lowest BCUT2D eigenvalue weighted by atomic mass is 9.90.